The summed E-state index contributed by atoms with van der Waals surface area (Å²) in [5, 5.41) is 1.87. The Balaban J connectivity index is 2.16. The summed E-state index contributed by atoms with van der Waals surface area (Å²) in [6.45, 7) is 0. The van der Waals surface area contributed by atoms with Gasteiger partial charge in [0.1, 0.15) is 23.6 Å². The zero-order valence-electron chi connectivity index (χ0n) is 15.9. The standard InChI is InChI=1S/C19H24N2O5S/c1-21-16(22)13-14(17(21)23)19(9-10-27-4,18(24)26-3)20-15(13)11-7-5-6-8-12(11)25-2/h5-8,13-15,20H,9-10H2,1-4H3/p+1/t13-,14+,15-,19-/m1/s1. The topological polar surface area (TPSA) is 89.5 Å². The number of rotatable bonds is 6. The van der Waals surface area contributed by atoms with E-state index in [0.717, 1.165) is 10.5 Å². The van der Waals surface area contributed by atoms with Gasteiger partial charge in [-0.05, 0) is 24.1 Å². The highest BCUT2D eigenvalue weighted by Gasteiger charge is 2.71. The minimum Gasteiger partial charge on any atom is -0.496 e. The molecule has 0 unspecified atom stereocenters. The number of imide groups is 1. The molecule has 0 spiro atoms. The van der Waals surface area contributed by atoms with Gasteiger partial charge in [0.05, 0.1) is 19.8 Å². The summed E-state index contributed by atoms with van der Waals surface area (Å²) in [5.74, 6) is -1.08. The third kappa shape index (κ3) is 2.91. The molecule has 2 saturated heterocycles. The van der Waals surface area contributed by atoms with Gasteiger partial charge in [0.15, 0.2) is 0 Å². The number of thioether (sulfide) groups is 1. The van der Waals surface area contributed by atoms with E-state index in [4.69, 9.17) is 9.47 Å². The Morgan fingerprint density at radius 2 is 1.96 bits per heavy atom. The molecule has 3 rings (SSSR count). The minimum absolute atomic E-state index is 0.257. The van der Waals surface area contributed by atoms with Crippen LogP contribution in [0.25, 0.3) is 0 Å². The number of quaternary nitrogens is 1. The largest absolute Gasteiger partial charge is 0.496 e. The van der Waals surface area contributed by atoms with E-state index in [1.165, 1.54) is 14.2 Å². The molecule has 0 aliphatic carbocycles. The lowest BCUT2D eigenvalue weighted by atomic mass is 9.77. The van der Waals surface area contributed by atoms with Crippen molar-refractivity contribution in [2.45, 2.75) is 18.0 Å². The molecule has 7 nitrogen and oxygen atoms in total. The quantitative estimate of drug-likeness (QED) is 0.549. The van der Waals surface area contributed by atoms with Gasteiger partial charge in [0.2, 0.25) is 17.4 Å². The molecule has 2 aliphatic heterocycles. The summed E-state index contributed by atoms with van der Waals surface area (Å²) in [4.78, 5) is 40.0. The molecule has 2 heterocycles. The lowest BCUT2D eigenvalue weighted by Crippen LogP contribution is -2.98. The molecule has 8 heteroatoms. The van der Waals surface area contributed by atoms with Gasteiger partial charge in [0.25, 0.3) is 0 Å². The number of carbonyl (C=O) groups is 3. The van der Waals surface area contributed by atoms with E-state index in [1.54, 1.807) is 18.9 Å². The lowest BCUT2D eigenvalue weighted by molar-refractivity contribution is -0.734. The Bertz CT molecular complexity index is 770. The number of para-hydroxylation sites is 1. The zero-order chi connectivity index (χ0) is 19.8. The second-order valence-electron chi connectivity index (χ2n) is 6.95. The van der Waals surface area contributed by atoms with Gasteiger partial charge in [-0.2, -0.15) is 11.8 Å². The van der Waals surface area contributed by atoms with Gasteiger partial charge in [-0.1, -0.05) is 12.1 Å². The lowest BCUT2D eigenvalue weighted by Gasteiger charge is -2.28. The number of fused-ring (bicyclic) bond motifs is 1. The molecule has 1 aromatic rings. The maximum absolute atomic E-state index is 13.0. The van der Waals surface area contributed by atoms with Crippen molar-refractivity contribution in [1.29, 1.82) is 0 Å². The van der Waals surface area contributed by atoms with Crippen LogP contribution in [0.3, 0.4) is 0 Å². The van der Waals surface area contributed by atoms with Crippen molar-refractivity contribution in [2.75, 3.05) is 33.3 Å². The van der Waals surface area contributed by atoms with E-state index in [-0.39, 0.29) is 11.8 Å². The number of nitrogens with zero attached hydrogens (tertiary/aromatic N) is 1. The van der Waals surface area contributed by atoms with Crippen molar-refractivity contribution in [1.82, 2.24) is 4.90 Å². The molecular weight excluding hydrogens is 368 g/mol. The van der Waals surface area contributed by atoms with Gasteiger partial charge in [0, 0.05) is 13.5 Å². The first kappa shape index (κ1) is 19.7. The highest BCUT2D eigenvalue weighted by molar-refractivity contribution is 7.98. The fraction of sp³-hybridized carbons (Fsp3) is 0.526. The van der Waals surface area contributed by atoms with Gasteiger partial charge in [-0.3, -0.25) is 14.5 Å². The highest BCUT2D eigenvalue weighted by atomic mass is 32.2. The predicted molar refractivity (Wildman–Crippen MR) is 100 cm³/mol. The molecule has 2 amide bonds. The van der Waals surface area contributed by atoms with E-state index in [0.29, 0.717) is 17.9 Å². The van der Waals surface area contributed by atoms with Crippen LogP contribution in [0.5, 0.6) is 5.75 Å². The fourth-order valence-electron chi connectivity index (χ4n) is 4.49. The Labute approximate surface area is 162 Å². The van der Waals surface area contributed by atoms with E-state index in [9.17, 15) is 14.4 Å². The van der Waals surface area contributed by atoms with Crippen molar-refractivity contribution in [2.24, 2.45) is 11.8 Å². The van der Waals surface area contributed by atoms with Crippen LogP contribution in [0, 0.1) is 11.8 Å². The van der Waals surface area contributed by atoms with Crippen molar-refractivity contribution >= 4 is 29.5 Å². The number of amides is 2. The smallest absolute Gasteiger partial charge is 0.368 e. The molecule has 27 heavy (non-hydrogen) atoms. The van der Waals surface area contributed by atoms with Crippen LogP contribution in [-0.4, -0.2) is 61.5 Å². The van der Waals surface area contributed by atoms with Crippen LogP contribution in [0.2, 0.25) is 0 Å². The maximum atomic E-state index is 13.0. The molecule has 0 aromatic heterocycles. The normalized spacial score (nSPS) is 29.8. The number of hydrogen-bond acceptors (Lipinski definition) is 6. The number of benzene rings is 1. The first-order valence-corrected chi connectivity index (χ1v) is 10.2. The third-order valence-corrected chi connectivity index (χ3v) is 6.39. The maximum Gasteiger partial charge on any atom is 0.368 e. The number of esters is 1. The van der Waals surface area contributed by atoms with Crippen molar-refractivity contribution < 1.29 is 29.2 Å². The number of nitrogens with two attached hydrogens (primary N) is 1. The van der Waals surface area contributed by atoms with Crippen LogP contribution in [0.4, 0.5) is 0 Å². The minimum atomic E-state index is -1.12. The molecular formula is C19H25N2O5S+. The summed E-state index contributed by atoms with van der Waals surface area (Å²) < 4.78 is 10.6. The third-order valence-electron chi connectivity index (χ3n) is 5.77. The second-order valence-corrected chi connectivity index (χ2v) is 7.93. The monoisotopic (exact) mass is 393 g/mol. The number of hydrogen-bond donors (Lipinski definition) is 1. The predicted octanol–water partition coefficient (Wildman–Crippen LogP) is 0.209. The molecule has 146 valence electrons. The van der Waals surface area contributed by atoms with Crippen LogP contribution < -0.4 is 10.1 Å². The average Bonchev–Trinajstić information content (AvgIpc) is 3.15. The Hall–Kier alpha value is -2.06. The van der Waals surface area contributed by atoms with Gasteiger partial charge in [-0.15, -0.1) is 0 Å². The van der Waals surface area contributed by atoms with Gasteiger partial charge in [-0.25, -0.2) is 4.79 Å². The van der Waals surface area contributed by atoms with E-state index >= 15 is 0 Å². The summed E-state index contributed by atoms with van der Waals surface area (Å²) in [5.41, 5.74) is -0.313. The zero-order valence-corrected chi connectivity index (χ0v) is 16.7. The van der Waals surface area contributed by atoms with E-state index in [2.05, 4.69) is 0 Å². The number of carbonyl (C=O) groups excluding carboxylic acids is 3. The molecule has 1 aromatic carbocycles. The van der Waals surface area contributed by atoms with Crippen molar-refractivity contribution in [3.63, 3.8) is 0 Å². The highest BCUT2D eigenvalue weighted by Crippen LogP contribution is 2.47. The van der Waals surface area contributed by atoms with Gasteiger partial charge < -0.3 is 14.8 Å². The molecule has 0 radical (unpaired) electrons. The summed E-state index contributed by atoms with van der Waals surface area (Å²) in [6, 6.07) is 7.03. The first-order valence-electron chi connectivity index (χ1n) is 8.80. The number of ether oxygens (including phenoxy) is 2. The van der Waals surface area contributed by atoms with E-state index < -0.39 is 29.4 Å². The first-order chi connectivity index (χ1) is 12.9. The summed E-state index contributed by atoms with van der Waals surface area (Å²) >= 11 is 1.59. The van der Waals surface area contributed by atoms with Crippen LogP contribution in [0.1, 0.15) is 18.0 Å². The molecule has 2 aliphatic rings. The van der Waals surface area contributed by atoms with Crippen molar-refractivity contribution in [3.05, 3.63) is 29.8 Å². The van der Waals surface area contributed by atoms with Gasteiger partial charge >= 0.3 is 5.97 Å². The SMILES string of the molecule is COC(=O)[C@]1(CCSC)[NH2+][C@H](c2ccccc2OC)[C@@H]2C(=O)N(C)C(=O)[C@H]21. The second kappa shape index (κ2) is 7.52. The summed E-state index contributed by atoms with van der Waals surface area (Å²) in [7, 11) is 4.38. The Morgan fingerprint density at radius 3 is 2.59 bits per heavy atom. The van der Waals surface area contributed by atoms with Crippen LogP contribution in [-0.2, 0) is 19.1 Å². The molecule has 2 N–H and O–H groups in total. The average molecular weight is 393 g/mol. The van der Waals surface area contributed by atoms with Crippen molar-refractivity contribution in [3.8, 4) is 5.75 Å². The molecule has 4 atom stereocenters. The molecule has 0 saturated carbocycles. The fourth-order valence-corrected chi connectivity index (χ4v) is 5.03. The molecule has 0 bridgehead atoms. The summed E-state index contributed by atoms with van der Waals surface area (Å²) in [6.07, 6.45) is 2.39. The number of methoxy groups -OCH3 is 2. The molecule has 2 fully saturated rings. The van der Waals surface area contributed by atoms with E-state index in [1.807, 2.05) is 35.8 Å². The number of likely N-dealkylation sites (tertiary alicyclic amines) is 1. The van der Waals surface area contributed by atoms with Crippen LogP contribution in [0.15, 0.2) is 24.3 Å². The Kier molecular flexibility index (Phi) is 5.48. The van der Waals surface area contributed by atoms with Crippen LogP contribution >= 0.6 is 11.8 Å². The Morgan fingerprint density at radius 1 is 1.26 bits per heavy atom.